The average Bonchev–Trinajstić information content (AvgIpc) is 2.40. The number of rotatable bonds is 5. The number of nitrogens with two attached hydrogens (primary N) is 1. The molecular weight excluding hydrogens is 230 g/mol. The van der Waals surface area contributed by atoms with Gasteiger partial charge in [-0.15, -0.1) is 0 Å². The number of nitrogen functional groups attached to an aromatic ring is 1. The van der Waals surface area contributed by atoms with Crippen molar-refractivity contribution in [3.8, 4) is 17.2 Å². The van der Waals surface area contributed by atoms with Gasteiger partial charge in [-0.3, -0.25) is 0 Å². The Morgan fingerprint density at radius 2 is 1.78 bits per heavy atom. The topological polar surface area (TPSA) is 53.7 Å². The van der Waals surface area contributed by atoms with Crippen molar-refractivity contribution in [2.75, 3.05) is 25.6 Å². The first-order valence-corrected chi connectivity index (χ1v) is 6.56. The number of hydrogen-bond donors (Lipinski definition) is 1. The zero-order valence-corrected chi connectivity index (χ0v) is 11.1. The van der Waals surface area contributed by atoms with E-state index in [1.54, 1.807) is 6.07 Å². The molecule has 2 N–H and O–H groups in total. The molecular formula is C14H21NO3. The van der Waals surface area contributed by atoms with Crippen LogP contribution >= 0.6 is 0 Å². The molecule has 0 radical (unpaired) electrons. The van der Waals surface area contributed by atoms with E-state index in [0.29, 0.717) is 42.9 Å². The van der Waals surface area contributed by atoms with Gasteiger partial charge in [-0.2, -0.15) is 0 Å². The van der Waals surface area contributed by atoms with Gasteiger partial charge >= 0.3 is 0 Å². The molecule has 0 bridgehead atoms. The quantitative estimate of drug-likeness (QED) is 0.818. The van der Waals surface area contributed by atoms with E-state index in [4.69, 9.17) is 19.9 Å². The molecule has 0 unspecified atom stereocenters. The Balaban J connectivity index is 2.08. The molecule has 1 aliphatic rings. The van der Waals surface area contributed by atoms with Gasteiger partial charge in [0.25, 0.3) is 0 Å². The second-order valence-corrected chi connectivity index (χ2v) is 4.53. The third-order valence-electron chi connectivity index (χ3n) is 3.30. The summed E-state index contributed by atoms with van der Waals surface area (Å²) in [6.45, 7) is 6.18. The summed E-state index contributed by atoms with van der Waals surface area (Å²) in [5, 5.41) is 0. The van der Waals surface area contributed by atoms with Gasteiger partial charge in [0.1, 0.15) is 19.0 Å². The SMILES string of the molecule is CCC(CC)COc1cc2c(cc1N)OCCO2. The maximum absolute atomic E-state index is 5.95. The van der Waals surface area contributed by atoms with Crippen LogP contribution in [0.1, 0.15) is 26.7 Å². The molecule has 1 aromatic rings. The zero-order valence-electron chi connectivity index (χ0n) is 11.1. The fourth-order valence-corrected chi connectivity index (χ4v) is 1.94. The first-order valence-electron chi connectivity index (χ1n) is 6.56. The fraction of sp³-hybridized carbons (Fsp3) is 0.571. The van der Waals surface area contributed by atoms with Crippen molar-refractivity contribution >= 4 is 5.69 Å². The minimum atomic E-state index is 0.567. The molecule has 1 heterocycles. The van der Waals surface area contributed by atoms with E-state index in [0.717, 1.165) is 18.6 Å². The molecule has 0 atom stereocenters. The fourth-order valence-electron chi connectivity index (χ4n) is 1.94. The molecule has 0 spiro atoms. The van der Waals surface area contributed by atoms with Crippen molar-refractivity contribution in [1.29, 1.82) is 0 Å². The molecule has 2 rings (SSSR count). The number of fused-ring (bicyclic) bond motifs is 1. The first-order chi connectivity index (χ1) is 8.74. The van der Waals surface area contributed by atoms with Gasteiger partial charge in [-0.1, -0.05) is 26.7 Å². The predicted molar refractivity (Wildman–Crippen MR) is 71.4 cm³/mol. The zero-order chi connectivity index (χ0) is 13.0. The second-order valence-electron chi connectivity index (χ2n) is 4.53. The number of anilines is 1. The lowest BCUT2D eigenvalue weighted by molar-refractivity contribution is 0.170. The summed E-state index contributed by atoms with van der Waals surface area (Å²) < 4.78 is 16.8. The maximum Gasteiger partial charge on any atom is 0.165 e. The molecule has 0 saturated heterocycles. The van der Waals surface area contributed by atoms with Crippen molar-refractivity contribution in [2.24, 2.45) is 5.92 Å². The summed E-state index contributed by atoms with van der Waals surface area (Å²) in [6, 6.07) is 3.60. The van der Waals surface area contributed by atoms with Crippen LogP contribution < -0.4 is 19.9 Å². The van der Waals surface area contributed by atoms with E-state index in [1.165, 1.54) is 0 Å². The highest BCUT2D eigenvalue weighted by atomic mass is 16.6. The normalized spacial score (nSPS) is 13.7. The van der Waals surface area contributed by atoms with E-state index in [9.17, 15) is 0 Å². The lowest BCUT2D eigenvalue weighted by Crippen LogP contribution is -2.16. The highest BCUT2D eigenvalue weighted by Crippen LogP contribution is 2.38. The molecule has 4 nitrogen and oxygen atoms in total. The van der Waals surface area contributed by atoms with E-state index < -0.39 is 0 Å². The number of benzene rings is 1. The van der Waals surface area contributed by atoms with Crippen LogP contribution in [0.5, 0.6) is 17.2 Å². The summed E-state index contributed by atoms with van der Waals surface area (Å²) in [5.74, 6) is 2.67. The summed E-state index contributed by atoms with van der Waals surface area (Å²) in [4.78, 5) is 0. The number of hydrogen-bond acceptors (Lipinski definition) is 4. The minimum Gasteiger partial charge on any atom is -0.491 e. The van der Waals surface area contributed by atoms with Crippen molar-refractivity contribution in [3.63, 3.8) is 0 Å². The molecule has 0 fully saturated rings. The molecule has 1 aliphatic heterocycles. The lowest BCUT2D eigenvalue weighted by Gasteiger charge is -2.21. The van der Waals surface area contributed by atoms with Crippen LogP contribution in [0.15, 0.2) is 12.1 Å². The lowest BCUT2D eigenvalue weighted by atomic mass is 10.1. The third kappa shape index (κ3) is 2.81. The standard InChI is InChI=1S/C14H21NO3/c1-3-10(4-2)9-18-12-8-14-13(7-11(12)15)16-5-6-17-14/h7-8,10H,3-6,9,15H2,1-2H3. The van der Waals surface area contributed by atoms with E-state index in [2.05, 4.69) is 13.8 Å². The molecule has 0 amide bonds. The Morgan fingerprint density at radius 1 is 1.17 bits per heavy atom. The summed E-state index contributed by atoms with van der Waals surface area (Å²) in [7, 11) is 0. The van der Waals surface area contributed by atoms with Crippen molar-refractivity contribution in [3.05, 3.63) is 12.1 Å². The van der Waals surface area contributed by atoms with Crippen LogP contribution in [0.25, 0.3) is 0 Å². The molecule has 18 heavy (non-hydrogen) atoms. The Bertz CT molecular complexity index is 402. The van der Waals surface area contributed by atoms with Crippen molar-refractivity contribution in [1.82, 2.24) is 0 Å². The van der Waals surface area contributed by atoms with Crippen LogP contribution in [0.4, 0.5) is 5.69 Å². The minimum absolute atomic E-state index is 0.567. The monoisotopic (exact) mass is 251 g/mol. The summed E-state index contributed by atoms with van der Waals surface area (Å²) in [6.07, 6.45) is 2.22. The smallest absolute Gasteiger partial charge is 0.165 e. The van der Waals surface area contributed by atoms with Crippen LogP contribution in [-0.4, -0.2) is 19.8 Å². The van der Waals surface area contributed by atoms with Crippen LogP contribution in [0.3, 0.4) is 0 Å². The average molecular weight is 251 g/mol. The molecule has 0 saturated carbocycles. The van der Waals surface area contributed by atoms with Gasteiger partial charge in [0.05, 0.1) is 12.3 Å². The van der Waals surface area contributed by atoms with Crippen LogP contribution in [0.2, 0.25) is 0 Å². The Labute approximate surface area is 108 Å². The van der Waals surface area contributed by atoms with E-state index in [-0.39, 0.29) is 0 Å². The van der Waals surface area contributed by atoms with Gasteiger partial charge in [0.15, 0.2) is 11.5 Å². The van der Waals surface area contributed by atoms with Crippen LogP contribution in [0, 0.1) is 5.92 Å². The maximum atomic E-state index is 5.95. The molecule has 100 valence electrons. The molecule has 4 heteroatoms. The van der Waals surface area contributed by atoms with E-state index >= 15 is 0 Å². The Morgan fingerprint density at radius 3 is 2.39 bits per heavy atom. The van der Waals surface area contributed by atoms with Crippen LogP contribution in [-0.2, 0) is 0 Å². The Kier molecular flexibility index (Phi) is 4.18. The third-order valence-corrected chi connectivity index (χ3v) is 3.30. The highest BCUT2D eigenvalue weighted by Gasteiger charge is 2.16. The predicted octanol–water partition coefficient (Wildman–Crippen LogP) is 2.86. The highest BCUT2D eigenvalue weighted by molar-refractivity contribution is 5.62. The largest absolute Gasteiger partial charge is 0.491 e. The van der Waals surface area contributed by atoms with Gasteiger partial charge < -0.3 is 19.9 Å². The van der Waals surface area contributed by atoms with Crippen molar-refractivity contribution < 1.29 is 14.2 Å². The van der Waals surface area contributed by atoms with Crippen molar-refractivity contribution in [2.45, 2.75) is 26.7 Å². The molecule has 0 aliphatic carbocycles. The van der Waals surface area contributed by atoms with Gasteiger partial charge in [-0.25, -0.2) is 0 Å². The molecule has 1 aromatic carbocycles. The van der Waals surface area contributed by atoms with Gasteiger partial charge in [-0.05, 0) is 5.92 Å². The number of ether oxygens (including phenoxy) is 3. The Hall–Kier alpha value is -1.58. The summed E-state index contributed by atoms with van der Waals surface area (Å²) in [5.41, 5.74) is 6.56. The first kappa shape index (κ1) is 12.9. The van der Waals surface area contributed by atoms with Gasteiger partial charge in [0.2, 0.25) is 0 Å². The van der Waals surface area contributed by atoms with Gasteiger partial charge in [0, 0.05) is 12.1 Å². The summed E-state index contributed by atoms with van der Waals surface area (Å²) >= 11 is 0. The second kappa shape index (κ2) is 5.85. The molecule has 0 aromatic heterocycles. The van der Waals surface area contributed by atoms with E-state index in [1.807, 2.05) is 6.07 Å².